The number of alkyl halides is 3. The van der Waals surface area contributed by atoms with E-state index in [9.17, 15) is 13.2 Å². The molecular weight excluding hydrogens is 331 g/mol. The van der Waals surface area contributed by atoms with Crippen molar-refractivity contribution < 1.29 is 13.2 Å². The Labute approximate surface area is 121 Å². The smallest absolute Gasteiger partial charge is 0.246 e. The molecule has 0 saturated heterocycles. The molecule has 0 atom stereocenters. The van der Waals surface area contributed by atoms with E-state index in [-0.39, 0.29) is 0 Å². The molecule has 20 heavy (non-hydrogen) atoms. The fourth-order valence-corrected chi connectivity index (χ4v) is 2.75. The van der Waals surface area contributed by atoms with Gasteiger partial charge in [-0.25, -0.2) is 4.98 Å². The van der Waals surface area contributed by atoms with E-state index in [4.69, 9.17) is 0 Å². The molecule has 0 spiro atoms. The van der Waals surface area contributed by atoms with Crippen LogP contribution >= 0.6 is 15.9 Å². The Morgan fingerprint density at radius 3 is 2.45 bits per heavy atom. The van der Waals surface area contributed by atoms with Crippen LogP contribution < -0.4 is 0 Å². The minimum Gasteiger partial charge on any atom is -0.246 e. The molecule has 2 aromatic carbocycles. The number of fused-ring (bicyclic) bond motifs is 2. The third-order valence-corrected chi connectivity index (χ3v) is 3.85. The summed E-state index contributed by atoms with van der Waals surface area (Å²) in [6.07, 6.45) is -4.34. The van der Waals surface area contributed by atoms with Gasteiger partial charge in [-0.2, -0.15) is 13.2 Å². The number of aromatic nitrogens is 1. The molecule has 1 aromatic heterocycles. The Hall–Kier alpha value is -1.62. The molecule has 0 amide bonds. The summed E-state index contributed by atoms with van der Waals surface area (Å²) in [4.78, 5) is 4.49. The van der Waals surface area contributed by atoms with Crippen LogP contribution in [0.15, 0.2) is 40.9 Å². The highest BCUT2D eigenvalue weighted by Gasteiger charge is 2.31. The molecular formula is C15H9BrF3N. The van der Waals surface area contributed by atoms with Crippen LogP contribution in [0.2, 0.25) is 0 Å². The minimum absolute atomic E-state index is 0.503. The predicted molar refractivity (Wildman–Crippen MR) is 76.7 cm³/mol. The molecule has 3 aromatic rings. The van der Waals surface area contributed by atoms with Crippen LogP contribution in [0.25, 0.3) is 21.8 Å². The number of hydrogen-bond donors (Lipinski definition) is 0. The molecule has 0 aliphatic carbocycles. The maximum atomic E-state index is 12.8. The zero-order chi connectivity index (χ0) is 14.5. The van der Waals surface area contributed by atoms with Gasteiger partial charge in [-0.1, -0.05) is 12.1 Å². The van der Waals surface area contributed by atoms with Crippen molar-refractivity contribution in [2.45, 2.75) is 13.1 Å². The van der Waals surface area contributed by atoms with E-state index in [1.165, 1.54) is 0 Å². The number of hydrogen-bond acceptors (Lipinski definition) is 1. The van der Waals surface area contributed by atoms with Crippen LogP contribution in [0.5, 0.6) is 0 Å². The van der Waals surface area contributed by atoms with Gasteiger partial charge in [-0.05, 0) is 52.7 Å². The Kier molecular flexibility index (Phi) is 2.97. The lowest BCUT2D eigenvalue weighted by atomic mass is 10.0. The van der Waals surface area contributed by atoms with Gasteiger partial charge in [0, 0.05) is 15.2 Å². The Bertz CT molecular complexity index is 825. The third-order valence-electron chi connectivity index (χ3n) is 3.21. The van der Waals surface area contributed by atoms with Crippen LogP contribution in [0.4, 0.5) is 13.2 Å². The highest BCUT2D eigenvalue weighted by Crippen LogP contribution is 2.34. The minimum atomic E-state index is -4.34. The highest BCUT2D eigenvalue weighted by molar-refractivity contribution is 9.10. The van der Waals surface area contributed by atoms with Gasteiger partial charge < -0.3 is 0 Å². The number of halogens is 4. The van der Waals surface area contributed by atoms with Gasteiger partial charge in [-0.3, -0.25) is 0 Å². The standard InChI is InChI=1S/C15H9BrF3N/c1-8-5-11(15(17,18)19)7-10-6-9-3-2-4-12(16)14(9)20-13(8)10/h2-7H,1H3. The largest absolute Gasteiger partial charge is 0.416 e. The normalized spacial score (nSPS) is 12.2. The van der Waals surface area contributed by atoms with Crippen molar-refractivity contribution in [1.82, 2.24) is 4.98 Å². The quantitative estimate of drug-likeness (QED) is 0.494. The fraction of sp³-hybridized carbons (Fsp3) is 0.133. The van der Waals surface area contributed by atoms with E-state index in [1.807, 2.05) is 18.2 Å². The molecule has 5 heteroatoms. The van der Waals surface area contributed by atoms with E-state index in [2.05, 4.69) is 20.9 Å². The molecule has 0 N–H and O–H groups in total. The zero-order valence-corrected chi connectivity index (χ0v) is 12.0. The second-order valence-electron chi connectivity index (χ2n) is 4.66. The molecule has 0 radical (unpaired) electrons. The van der Waals surface area contributed by atoms with Crippen molar-refractivity contribution in [3.05, 3.63) is 52.0 Å². The maximum absolute atomic E-state index is 12.8. The molecule has 0 fully saturated rings. The summed E-state index contributed by atoms with van der Waals surface area (Å²) in [6, 6.07) is 9.56. The van der Waals surface area contributed by atoms with Gasteiger partial charge in [0.15, 0.2) is 0 Å². The van der Waals surface area contributed by atoms with Crippen molar-refractivity contribution in [2.24, 2.45) is 0 Å². The van der Waals surface area contributed by atoms with Crippen LogP contribution in [-0.2, 0) is 6.18 Å². The molecule has 0 saturated carbocycles. The van der Waals surface area contributed by atoms with Crippen LogP contribution in [-0.4, -0.2) is 4.98 Å². The van der Waals surface area contributed by atoms with Crippen molar-refractivity contribution in [2.75, 3.05) is 0 Å². The topological polar surface area (TPSA) is 12.9 Å². The summed E-state index contributed by atoms with van der Waals surface area (Å²) in [5, 5.41) is 1.31. The summed E-state index contributed by atoms with van der Waals surface area (Å²) in [7, 11) is 0. The number of pyridine rings is 1. The zero-order valence-electron chi connectivity index (χ0n) is 10.4. The summed E-state index contributed by atoms with van der Waals surface area (Å²) in [6.45, 7) is 1.65. The predicted octanol–water partition coefficient (Wildman–Crippen LogP) is 5.48. The van der Waals surface area contributed by atoms with E-state index in [0.29, 0.717) is 16.5 Å². The monoisotopic (exact) mass is 339 g/mol. The molecule has 0 unspecified atom stereocenters. The molecule has 3 rings (SSSR count). The molecule has 1 nitrogen and oxygen atoms in total. The van der Waals surface area contributed by atoms with E-state index >= 15 is 0 Å². The average molecular weight is 340 g/mol. The molecule has 102 valence electrons. The van der Waals surface area contributed by atoms with Crippen LogP contribution in [0.3, 0.4) is 0 Å². The van der Waals surface area contributed by atoms with Crippen molar-refractivity contribution in [3.8, 4) is 0 Å². The summed E-state index contributed by atoms with van der Waals surface area (Å²) < 4.78 is 39.4. The Morgan fingerprint density at radius 2 is 1.75 bits per heavy atom. The van der Waals surface area contributed by atoms with Gasteiger partial charge >= 0.3 is 6.18 Å². The number of para-hydroxylation sites is 1. The highest BCUT2D eigenvalue weighted by atomic mass is 79.9. The number of rotatable bonds is 0. The SMILES string of the molecule is Cc1cc(C(F)(F)F)cc2cc3cccc(Br)c3nc12. The molecule has 0 aliphatic heterocycles. The lowest BCUT2D eigenvalue weighted by Gasteiger charge is -2.11. The second-order valence-corrected chi connectivity index (χ2v) is 5.52. The van der Waals surface area contributed by atoms with Crippen molar-refractivity contribution in [3.63, 3.8) is 0 Å². The van der Waals surface area contributed by atoms with Gasteiger partial charge in [0.2, 0.25) is 0 Å². The van der Waals surface area contributed by atoms with Gasteiger partial charge in [0.1, 0.15) is 0 Å². The van der Waals surface area contributed by atoms with Gasteiger partial charge in [0.05, 0.1) is 16.6 Å². The Morgan fingerprint density at radius 1 is 1.00 bits per heavy atom. The number of benzene rings is 2. The summed E-state index contributed by atoms with van der Waals surface area (Å²) >= 11 is 3.41. The Balaban J connectivity index is 2.40. The number of nitrogens with zero attached hydrogens (tertiary/aromatic N) is 1. The first-order valence-electron chi connectivity index (χ1n) is 5.93. The average Bonchev–Trinajstić information content (AvgIpc) is 2.36. The lowest BCUT2D eigenvalue weighted by molar-refractivity contribution is -0.137. The first-order valence-corrected chi connectivity index (χ1v) is 6.72. The van der Waals surface area contributed by atoms with E-state index in [1.54, 1.807) is 13.0 Å². The molecule has 0 bridgehead atoms. The third kappa shape index (κ3) is 2.16. The fourth-order valence-electron chi connectivity index (χ4n) is 2.28. The van der Waals surface area contributed by atoms with Gasteiger partial charge in [-0.15, -0.1) is 0 Å². The van der Waals surface area contributed by atoms with Gasteiger partial charge in [0.25, 0.3) is 0 Å². The summed E-state index contributed by atoms with van der Waals surface area (Å²) in [5.41, 5.74) is 1.23. The first-order chi connectivity index (χ1) is 9.36. The first kappa shape index (κ1) is 13.4. The maximum Gasteiger partial charge on any atom is 0.416 e. The number of aryl methyl sites for hydroxylation is 1. The molecule has 0 aliphatic rings. The lowest BCUT2D eigenvalue weighted by Crippen LogP contribution is -2.05. The second kappa shape index (κ2) is 4.45. The molecule has 1 heterocycles. The van der Waals surface area contributed by atoms with Crippen LogP contribution in [0.1, 0.15) is 11.1 Å². The van der Waals surface area contributed by atoms with Crippen molar-refractivity contribution >= 4 is 37.7 Å². The van der Waals surface area contributed by atoms with Crippen molar-refractivity contribution in [1.29, 1.82) is 0 Å². The van der Waals surface area contributed by atoms with Crippen LogP contribution in [0, 0.1) is 6.92 Å². The van der Waals surface area contributed by atoms with E-state index < -0.39 is 11.7 Å². The van der Waals surface area contributed by atoms with E-state index in [0.717, 1.165) is 27.5 Å². The summed E-state index contributed by atoms with van der Waals surface area (Å²) in [5.74, 6) is 0.